The summed E-state index contributed by atoms with van der Waals surface area (Å²) in [5.74, 6) is -10.7. The highest BCUT2D eigenvalue weighted by Gasteiger charge is 2.32. The molecule has 0 bridgehead atoms. The van der Waals surface area contributed by atoms with E-state index in [0.29, 0.717) is 78.7 Å². The Morgan fingerprint density at radius 3 is 1.90 bits per heavy atom. The highest BCUT2D eigenvalue weighted by molar-refractivity contribution is 5.96. The lowest BCUT2D eigenvalue weighted by molar-refractivity contribution is 0.0489. The molecule has 0 amide bonds. The molecule has 0 spiro atoms. The van der Waals surface area contributed by atoms with Gasteiger partial charge in [0.1, 0.15) is 11.6 Å². The third-order valence-corrected chi connectivity index (χ3v) is 8.12. The predicted molar refractivity (Wildman–Crippen MR) is 181 cm³/mol. The van der Waals surface area contributed by atoms with Crippen molar-refractivity contribution in [1.29, 1.82) is 0 Å². The maximum absolute atomic E-state index is 15.4. The van der Waals surface area contributed by atoms with E-state index in [0.717, 1.165) is 0 Å². The smallest absolute Gasteiger partial charge is 0.200 e. The van der Waals surface area contributed by atoms with E-state index in [9.17, 15) is 23.1 Å². The van der Waals surface area contributed by atoms with Crippen molar-refractivity contribution in [2.75, 3.05) is 40.1 Å². The molecule has 5 rings (SSSR count). The summed E-state index contributed by atoms with van der Waals surface area (Å²) in [6, 6.07) is 19.7. The minimum absolute atomic E-state index is 0.123. The number of hydrogen-bond donors (Lipinski definition) is 2. The maximum Gasteiger partial charge on any atom is 0.200 e. The van der Waals surface area contributed by atoms with Crippen LogP contribution in [0.4, 0.5) is 22.0 Å². The number of imidazole rings is 1. The van der Waals surface area contributed by atoms with Crippen molar-refractivity contribution in [3.63, 3.8) is 0 Å². The Balaban J connectivity index is 1.55. The fraction of sp³-hybridized carbons (Fsp3) is 0.263. The summed E-state index contributed by atoms with van der Waals surface area (Å²) in [4.78, 5) is 17.4. The Hall–Kier alpha value is -4.95. The molecule has 0 aliphatic heterocycles. The van der Waals surface area contributed by atoms with Gasteiger partial charge in [0.2, 0.25) is 5.82 Å². The number of hydrogen-bond acceptors (Lipinski definition) is 7. The summed E-state index contributed by atoms with van der Waals surface area (Å²) in [6.07, 6.45) is 0.722. The van der Waals surface area contributed by atoms with Crippen molar-refractivity contribution in [3.8, 4) is 39.7 Å². The summed E-state index contributed by atoms with van der Waals surface area (Å²) >= 11 is 0. The number of benzene rings is 4. The van der Waals surface area contributed by atoms with Crippen LogP contribution in [0.1, 0.15) is 34.3 Å². The Morgan fingerprint density at radius 2 is 1.31 bits per heavy atom. The topological polar surface area (TPSA) is 109 Å². The average Bonchev–Trinajstić information content (AvgIpc) is 3.52. The lowest BCUT2D eigenvalue weighted by Crippen LogP contribution is -2.12. The van der Waals surface area contributed by atoms with Crippen molar-refractivity contribution in [2.24, 2.45) is 5.73 Å². The fourth-order valence-corrected chi connectivity index (χ4v) is 5.47. The van der Waals surface area contributed by atoms with Gasteiger partial charge in [-0.2, -0.15) is 0 Å². The van der Waals surface area contributed by atoms with Crippen molar-refractivity contribution in [2.45, 2.75) is 26.0 Å². The van der Waals surface area contributed by atoms with Crippen molar-refractivity contribution in [3.05, 3.63) is 119 Å². The molecule has 0 radical (unpaired) electrons. The maximum atomic E-state index is 15.4. The number of carbonyl (C=O) groups is 1. The number of methoxy groups -OCH3 is 1. The zero-order valence-electron chi connectivity index (χ0n) is 27.7. The van der Waals surface area contributed by atoms with E-state index in [1.807, 2.05) is 0 Å². The van der Waals surface area contributed by atoms with Gasteiger partial charge in [0.25, 0.3) is 0 Å². The van der Waals surface area contributed by atoms with Crippen molar-refractivity contribution >= 4 is 5.78 Å². The first kappa shape index (κ1) is 37.3. The average molecular weight is 710 g/mol. The minimum Gasteiger partial charge on any atom is -0.497 e. The van der Waals surface area contributed by atoms with E-state index in [4.69, 9.17) is 19.9 Å². The number of nitrogens with zero attached hydrogens (tertiary/aromatic N) is 2. The van der Waals surface area contributed by atoms with Crippen molar-refractivity contribution in [1.82, 2.24) is 9.55 Å². The Bertz CT molecular complexity index is 1920. The summed E-state index contributed by atoms with van der Waals surface area (Å²) in [6.45, 7) is 1.66. The molecule has 0 saturated heterocycles. The molecule has 0 saturated carbocycles. The standard InChI is InChI=1S/C38H36F5N3O5/c1-49-28-14-12-27(13-15-28)37-36(26-10-6-24(22-47)7-11-26)45-38(30-31(39)33(41)35(43)34(42)32(30)40)46(37)21-23-4-8-25(9-5-23)29(48)3-2-17-50-19-20-51-18-16-44/h4-15,47H,2-3,16-22,44H2,1H3. The van der Waals surface area contributed by atoms with E-state index in [-0.39, 0.29) is 31.0 Å². The first-order valence-electron chi connectivity index (χ1n) is 16.1. The number of halogens is 5. The number of rotatable bonds is 17. The normalized spacial score (nSPS) is 11.3. The molecule has 8 nitrogen and oxygen atoms in total. The van der Waals surface area contributed by atoms with Crippen LogP contribution in [0.3, 0.4) is 0 Å². The molecule has 0 aliphatic rings. The van der Waals surface area contributed by atoms with E-state index < -0.39 is 40.5 Å². The summed E-state index contributed by atoms with van der Waals surface area (Å²) < 4.78 is 91.6. The van der Waals surface area contributed by atoms with Gasteiger partial charge in [0.05, 0.1) is 50.5 Å². The Kier molecular flexibility index (Phi) is 12.7. The van der Waals surface area contributed by atoms with Gasteiger partial charge in [-0.3, -0.25) is 4.79 Å². The van der Waals surface area contributed by atoms with Gasteiger partial charge in [-0.1, -0.05) is 48.5 Å². The first-order valence-corrected chi connectivity index (χ1v) is 16.1. The number of aromatic nitrogens is 2. The van der Waals surface area contributed by atoms with Crippen LogP contribution >= 0.6 is 0 Å². The molecule has 51 heavy (non-hydrogen) atoms. The molecule has 3 N–H and O–H groups in total. The molecular weight excluding hydrogens is 673 g/mol. The van der Waals surface area contributed by atoms with Crippen LogP contribution in [-0.2, 0) is 22.6 Å². The largest absolute Gasteiger partial charge is 0.497 e. The van der Waals surface area contributed by atoms with Crippen LogP contribution in [0.25, 0.3) is 33.9 Å². The van der Waals surface area contributed by atoms with Gasteiger partial charge in [-0.25, -0.2) is 26.9 Å². The van der Waals surface area contributed by atoms with Crippen LogP contribution in [0.5, 0.6) is 5.75 Å². The van der Waals surface area contributed by atoms with E-state index in [1.54, 1.807) is 72.8 Å². The number of ketones is 1. The molecule has 0 unspecified atom stereocenters. The van der Waals surface area contributed by atoms with Crippen LogP contribution < -0.4 is 10.5 Å². The van der Waals surface area contributed by atoms with Gasteiger partial charge < -0.3 is 29.6 Å². The third-order valence-electron chi connectivity index (χ3n) is 8.12. The molecule has 13 heteroatoms. The number of ether oxygens (including phenoxy) is 3. The number of carbonyl (C=O) groups excluding carboxylic acids is 1. The predicted octanol–water partition coefficient (Wildman–Crippen LogP) is 7.08. The van der Waals surface area contributed by atoms with Gasteiger partial charge >= 0.3 is 0 Å². The van der Waals surface area contributed by atoms with E-state index in [2.05, 4.69) is 4.98 Å². The van der Waals surface area contributed by atoms with Crippen LogP contribution in [0.15, 0.2) is 72.8 Å². The van der Waals surface area contributed by atoms with Crippen LogP contribution in [0, 0.1) is 29.1 Å². The molecule has 0 atom stereocenters. The zero-order valence-corrected chi connectivity index (χ0v) is 27.7. The Labute approximate surface area is 291 Å². The number of aliphatic hydroxyl groups is 1. The number of aliphatic hydroxyl groups excluding tert-OH is 1. The number of nitrogens with two attached hydrogens (primary N) is 1. The number of Topliss-reactive ketones (excluding diaryl/α,β-unsaturated/α-hetero) is 1. The molecule has 0 aliphatic carbocycles. The fourth-order valence-electron chi connectivity index (χ4n) is 5.47. The molecule has 0 fully saturated rings. The SMILES string of the molecule is COc1ccc(-c2c(-c3ccc(CO)cc3)nc(-c3c(F)c(F)c(F)c(F)c3F)n2Cc2ccc(C(=O)CCCOCCOCCN)cc2)cc1. The van der Waals surface area contributed by atoms with Crippen LogP contribution in [-0.4, -0.2) is 60.5 Å². The molecule has 4 aromatic carbocycles. The second kappa shape index (κ2) is 17.3. The summed E-state index contributed by atoms with van der Waals surface area (Å²) in [7, 11) is 1.48. The molecule has 1 aromatic heterocycles. The van der Waals surface area contributed by atoms with Crippen molar-refractivity contribution < 1.29 is 46.1 Å². The second-order valence-electron chi connectivity index (χ2n) is 11.5. The van der Waals surface area contributed by atoms with Crippen LogP contribution in [0.2, 0.25) is 0 Å². The quantitative estimate of drug-likeness (QED) is 0.0349. The summed E-state index contributed by atoms with van der Waals surface area (Å²) in [5, 5.41) is 9.58. The van der Waals surface area contributed by atoms with Gasteiger partial charge in [-0.05, 0) is 41.8 Å². The van der Waals surface area contributed by atoms with Gasteiger partial charge in [-0.15, -0.1) is 0 Å². The van der Waals surface area contributed by atoms with E-state index in [1.165, 1.54) is 11.7 Å². The first-order chi connectivity index (χ1) is 24.7. The molecule has 1 heterocycles. The highest BCUT2D eigenvalue weighted by Crippen LogP contribution is 2.40. The van der Waals surface area contributed by atoms with E-state index >= 15 is 8.78 Å². The monoisotopic (exact) mass is 709 g/mol. The minimum atomic E-state index is -2.29. The lowest BCUT2D eigenvalue weighted by Gasteiger charge is -2.16. The molecule has 268 valence electrons. The lowest BCUT2D eigenvalue weighted by atomic mass is 10.0. The third kappa shape index (κ3) is 8.51. The highest BCUT2D eigenvalue weighted by atomic mass is 19.2. The summed E-state index contributed by atoms with van der Waals surface area (Å²) in [5.41, 5.74) is 7.18. The van der Waals surface area contributed by atoms with Gasteiger partial charge in [0.15, 0.2) is 29.1 Å². The molecular formula is C38H36F5N3O5. The second-order valence-corrected chi connectivity index (χ2v) is 11.5. The van der Waals surface area contributed by atoms with Gasteiger partial charge in [0, 0.05) is 42.8 Å². The molecule has 5 aromatic rings. The Morgan fingerprint density at radius 1 is 0.745 bits per heavy atom. The zero-order chi connectivity index (χ0) is 36.5.